The van der Waals surface area contributed by atoms with Crippen LogP contribution >= 0.6 is 0 Å². The van der Waals surface area contributed by atoms with E-state index in [1.807, 2.05) is 38.1 Å². The van der Waals surface area contributed by atoms with Gasteiger partial charge in [0.05, 0.1) is 12.7 Å². The van der Waals surface area contributed by atoms with Gasteiger partial charge in [-0.15, -0.1) is 0 Å². The fourth-order valence-corrected chi connectivity index (χ4v) is 2.90. The molecule has 0 aliphatic carbocycles. The first-order valence-corrected chi connectivity index (χ1v) is 9.82. The summed E-state index contributed by atoms with van der Waals surface area (Å²) in [6.45, 7) is 8.46. The van der Waals surface area contributed by atoms with Crippen molar-refractivity contribution >= 4 is 17.7 Å². The van der Waals surface area contributed by atoms with E-state index in [1.54, 1.807) is 13.0 Å². The number of carbonyl (C=O) groups excluding carboxylic acids is 1. The van der Waals surface area contributed by atoms with E-state index in [1.165, 1.54) is 11.6 Å². The lowest BCUT2D eigenvalue weighted by atomic mass is 10.0. The number of carbonyl (C=O) groups is 1. The van der Waals surface area contributed by atoms with Crippen LogP contribution in [0.25, 0.3) is 6.08 Å². The Morgan fingerprint density at radius 3 is 2.46 bits per heavy atom. The third-order valence-corrected chi connectivity index (χ3v) is 4.47. The average Bonchev–Trinajstić information content (AvgIpc) is 2.66. The van der Waals surface area contributed by atoms with Crippen LogP contribution in [0.2, 0.25) is 0 Å². The molecular weight excluding hydrogens is 350 g/mol. The fraction of sp³-hybridized carbons (Fsp3) is 0.375. The van der Waals surface area contributed by atoms with Gasteiger partial charge in [0.2, 0.25) is 0 Å². The van der Waals surface area contributed by atoms with Gasteiger partial charge in [0.1, 0.15) is 5.75 Å². The molecule has 0 aliphatic rings. The van der Waals surface area contributed by atoms with E-state index in [4.69, 9.17) is 9.47 Å². The minimum atomic E-state index is -0.314. The van der Waals surface area contributed by atoms with Crippen LogP contribution in [-0.4, -0.2) is 31.8 Å². The summed E-state index contributed by atoms with van der Waals surface area (Å²) in [5.41, 5.74) is 3.37. The van der Waals surface area contributed by atoms with Gasteiger partial charge in [-0.3, -0.25) is 0 Å². The molecule has 1 atom stereocenters. The van der Waals surface area contributed by atoms with Crippen LogP contribution < -0.4 is 9.64 Å². The maximum atomic E-state index is 11.4. The number of anilines is 1. The molecule has 0 saturated carbocycles. The molecule has 0 N–H and O–H groups in total. The fourth-order valence-electron chi connectivity index (χ4n) is 2.90. The van der Waals surface area contributed by atoms with Gasteiger partial charge in [0.25, 0.3) is 0 Å². The maximum absolute atomic E-state index is 11.4. The van der Waals surface area contributed by atoms with Crippen LogP contribution in [0.1, 0.15) is 38.8 Å². The number of hydrogen-bond donors (Lipinski definition) is 0. The molecule has 0 fully saturated rings. The summed E-state index contributed by atoms with van der Waals surface area (Å²) >= 11 is 0. The molecule has 2 rings (SSSR count). The highest BCUT2D eigenvalue weighted by atomic mass is 16.5. The van der Waals surface area contributed by atoms with Crippen molar-refractivity contribution in [2.75, 3.05) is 18.6 Å². The number of nitrogens with zero attached hydrogens (tertiary/aromatic N) is 1. The highest BCUT2D eigenvalue weighted by Gasteiger charge is 2.12. The Hall–Kier alpha value is -2.75. The van der Waals surface area contributed by atoms with Gasteiger partial charge < -0.3 is 14.4 Å². The second kappa shape index (κ2) is 10.5. The molecule has 4 nitrogen and oxygen atoms in total. The van der Waals surface area contributed by atoms with Gasteiger partial charge in [-0.25, -0.2) is 4.79 Å². The lowest BCUT2D eigenvalue weighted by molar-refractivity contribution is -0.137. The van der Waals surface area contributed by atoms with E-state index in [9.17, 15) is 4.79 Å². The lowest BCUT2D eigenvalue weighted by Gasteiger charge is -2.27. The first kappa shape index (κ1) is 21.5. The molecule has 0 heterocycles. The third kappa shape index (κ3) is 6.76. The zero-order valence-electron chi connectivity index (χ0n) is 17.5. The van der Waals surface area contributed by atoms with Crippen LogP contribution in [0, 0.1) is 0 Å². The molecule has 0 spiro atoms. The standard InChI is InChI=1S/C24H31NO3/c1-6-27-24(26)15-14-20-10-12-21(13-11-20)16-19(4)25(5)22-8-7-9-23(17-22)28-18(2)3/h7-15,17-19H,6,16H2,1-5H3. The Balaban J connectivity index is 1.98. The Morgan fingerprint density at radius 2 is 1.82 bits per heavy atom. The lowest BCUT2D eigenvalue weighted by Crippen LogP contribution is -2.30. The number of likely N-dealkylation sites (N-methyl/N-ethyl adjacent to an activating group) is 1. The summed E-state index contributed by atoms with van der Waals surface area (Å²) < 4.78 is 10.7. The van der Waals surface area contributed by atoms with E-state index in [-0.39, 0.29) is 12.1 Å². The molecule has 150 valence electrons. The SMILES string of the molecule is CCOC(=O)C=Cc1ccc(CC(C)N(C)c2cccc(OC(C)C)c2)cc1. The Bertz CT molecular complexity index is 781. The summed E-state index contributed by atoms with van der Waals surface area (Å²) in [5, 5.41) is 0. The van der Waals surface area contributed by atoms with E-state index in [0.29, 0.717) is 12.6 Å². The molecule has 0 saturated heterocycles. The second-order valence-corrected chi connectivity index (χ2v) is 7.15. The van der Waals surface area contributed by atoms with Crippen molar-refractivity contribution in [3.63, 3.8) is 0 Å². The van der Waals surface area contributed by atoms with Crippen molar-refractivity contribution in [2.45, 2.75) is 46.3 Å². The minimum Gasteiger partial charge on any atom is -0.491 e. The molecule has 2 aromatic carbocycles. The number of esters is 1. The van der Waals surface area contributed by atoms with Crippen LogP contribution in [-0.2, 0) is 16.0 Å². The average molecular weight is 382 g/mol. The van der Waals surface area contributed by atoms with Crippen molar-refractivity contribution in [3.05, 3.63) is 65.7 Å². The van der Waals surface area contributed by atoms with Crippen molar-refractivity contribution in [1.29, 1.82) is 0 Å². The summed E-state index contributed by atoms with van der Waals surface area (Å²) in [7, 11) is 2.11. The van der Waals surface area contributed by atoms with E-state index < -0.39 is 0 Å². The van der Waals surface area contributed by atoms with Gasteiger partial charge >= 0.3 is 5.97 Å². The maximum Gasteiger partial charge on any atom is 0.330 e. The second-order valence-electron chi connectivity index (χ2n) is 7.15. The van der Waals surface area contributed by atoms with Crippen molar-refractivity contribution in [1.82, 2.24) is 0 Å². The predicted octanol–water partition coefficient (Wildman–Crippen LogP) is 5.12. The first-order valence-electron chi connectivity index (χ1n) is 9.82. The summed E-state index contributed by atoms with van der Waals surface area (Å²) in [5.74, 6) is 0.579. The number of hydrogen-bond acceptors (Lipinski definition) is 4. The predicted molar refractivity (Wildman–Crippen MR) is 116 cm³/mol. The van der Waals surface area contributed by atoms with Crippen LogP contribution in [0.15, 0.2) is 54.6 Å². The normalized spacial score (nSPS) is 12.2. The molecule has 1 unspecified atom stereocenters. The molecule has 28 heavy (non-hydrogen) atoms. The molecule has 0 aromatic heterocycles. The van der Waals surface area contributed by atoms with Crippen molar-refractivity contribution in [2.24, 2.45) is 0 Å². The van der Waals surface area contributed by atoms with Crippen molar-refractivity contribution < 1.29 is 14.3 Å². The smallest absolute Gasteiger partial charge is 0.330 e. The minimum absolute atomic E-state index is 0.161. The third-order valence-electron chi connectivity index (χ3n) is 4.47. The highest BCUT2D eigenvalue weighted by molar-refractivity contribution is 5.87. The summed E-state index contributed by atoms with van der Waals surface area (Å²) in [4.78, 5) is 13.7. The molecule has 2 aromatic rings. The number of ether oxygens (including phenoxy) is 2. The molecule has 4 heteroatoms. The quantitative estimate of drug-likeness (QED) is 0.446. The highest BCUT2D eigenvalue weighted by Crippen LogP contribution is 2.23. The summed E-state index contributed by atoms with van der Waals surface area (Å²) in [6.07, 6.45) is 4.32. The Labute approximate surface area is 168 Å². The molecule has 0 amide bonds. The Kier molecular flexibility index (Phi) is 8.12. The molecule has 0 radical (unpaired) electrons. The first-order chi connectivity index (χ1) is 13.4. The molecule has 0 bridgehead atoms. The van der Waals surface area contributed by atoms with Gasteiger partial charge in [-0.1, -0.05) is 30.3 Å². The van der Waals surface area contributed by atoms with Crippen LogP contribution in [0.5, 0.6) is 5.75 Å². The van der Waals surface area contributed by atoms with E-state index in [2.05, 4.69) is 43.1 Å². The van der Waals surface area contributed by atoms with E-state index in [0.717, 1.165) is 23.4 Å². The largest absolute Gasteiger partial charge is 0.491 e. The van der Waals surface area contributed by atoms with Gasteiger partial charge in [0, 0.05) is 30.9 Å². The number of benzene rings is 2. The molecular formula is C24H31NO3. The van der Waals surface area contributed by atoms with Gasteiger partial charge in [-0.05, 0) is 63.5 Å². The van der Waals surface area contributed by atoms with Crippen LogP contribution in [0.4, 0.5) is 5.69 Å². The molecule has 0 aliphatic heterocycles. The topological polar surface area (TPSA) is 38.8 Å². The van der Waals surface area contributed by atoms with Gasteiger partial charge in [-0.2, -0.15) is 0 Å². The van der Waals surface area contributed by atoms with Crippen LogP contribution in [0.3, 0.4) is 0 Å². The zero-order valence-corrected chi connectivity index (χ0v) is 17.5. The Morgan fingerprint density at radius 1 is 1.11 bits per heavy atom. The summed E-state index contributed by atoms with van der Waals surface area (Å²) in [6, 6.07) is 16.8. The zero-order chi connectivity index (χ0) is 20.5. The number of rotatable bonds is 9. The van der Waals surface area contributed by atoms with Crippen molar-refractivity contribution in [3.8, 4) is 5.75 Å². The van der Waals surface area contributed by atoms with Gasteiger partial charge in [0.15, 0.2) is 0 Å². The van der Waals surface area contributed by atoms with E-state index >= 15 is 0 Å². The monoisotopic (exact) mass is 381 g/mol.